The van der Waals surface area contributed by atoms with Gasteiger partial charge in [0.1, 0.15) is 0 Å². The zero-order valence-electron chi connectivity index (χ0n) is 9.81. The molecule has 0 heterocycles. The number of carbonyl (C=O) groups is 1. The van der Waals surface area contributed by atoms with Gasteiger partial charge in [-0.15, -0.1) is 0 Å². The number of benzene rings is 1. The Morgan fingerprint density at radius 2 is 2.00 bits per heavy atom. The fourth-order valence-corrected chi connectivity index (χ4v) is 1.50. The Balaban J connectivity index is 2.66. The number of carboxylic acid groups (broad SMARTS) is 1. The highest BCUT2D eigenvalue weighted by Crippen LogP contribution is 2.15. The van der Waals surface area contributed by atoms with Crippen LogP contribution in [0.25, 0.3) is 0 Å². The molecule has 1 aromatic carbocycles. The van der Waals surface area contributed by atoms with E-state index in [1.807, 2.05) is 30.3 Å². The topological polar surface area (TPSA) is 49.3 Å². The molecule has 0 amide bonds. The molecule has 0 radical (unpaired) electrons. The first kappa shape index (κ1) is 12.7. The van der Waals surface area contributed by atoms with Gasteiger partial charge in [0.25, 0.3) is 0 Å². The molecule has 0 spiro atoms. The van der Waals surface area contributed by atoms with E-state index in [0.29, 0.717) is 12.6 Å². The molecule has 0 fully saturated rings. The predicted molar refractivity (Wildman–Crippen MR) is 64.6 cm³/mol. The Kier molecular flexibility index (Phi) is 4.99. The lowest BCUT2D eigenvalue weighted by Gasteiger charge is -2.17. The van der Waals surface area contributed by atoms with E-state index in [0.717, 1.165) is 12.0 Å². The van der Waals surface area contributed by atoms with E-state index in [2.05, 4.69) is 19.2 Å². The Bertz CT molecular complexity index is 324. The number of aliphatic carboxylic acids is 1. The first-order chi connectivity index (χ1) is 7.65. The van der Waals surface area contributed by atoms with E-state index in [1.54, 1.807) is 0 Å². The summed E-state index contributed by atoms with van der Waals surface area (Å²) in [5.74, 6) is -1.24. The van der Waals surface area contributed by atoms with Crippen LogP contribution in [0.3, 0.4) is 0 Å². The molecule has 2 atom stereocenters. The summed E-state index contributed by atoms with van der Waals surface area (Å²) in [6.45, 7) is 4.62. The number of rotatable bonds is 6. The van der Waals surface area contributed by atoms with Gasteiger partial charge in [-0.05, 0) is 18.9 Å². The summed E-state index contributed by atoms with van der Waals surface area (Å²) >= 11 is 0. The summed E-state index contributed by atoms with van der Waals surface area (Å²) in [5, 5.41) is 12.4. The van der Waals surface area contributed by atoms with Gasteiger partial charge in [0.05, 0.1) is 5.92 Å². The van der Waals surface area contributed by atoms with E-state index < -0.39 is 11.9 Å². The van der Waals surface area contributed by atoms with Crippen molar-refractivity contribution in [3.63, 3.8) is 0 Å². The average Bonchev–Trinajstić information content (AvgIpc) is 2.30. The minimum atomic E-state index is -0.776. The first-order valence-corrected chi connectivity index (χ1v) is 5.66. The molecule has 1 rings (SSSR count). The molecule has 2 N–H and O–H groups in total. The van der Waals surface area contributed by atoms with Gasteiger partial charge >= 0.3 is 5.97 Å². The van der Waals surface area contributed by atoms with Crippen molar-refractivity contribution in [3.05, 3.63) is 35.9 Å². The monoisotopic (exact) mass is 221 g/mol. The number of carboxylic acids is 1. The molecule has 0 aliphatic carbocycles. The first-order valence-electron chi connectivity index (χ1n) is 5.66. The van der Waals surface area contributed by atoms with Crippen molar-refractivity contribution in [3.8, 4) is 0 Å². The Hall–Kier alpha value is -1.35. The highest BCUT2D eigenvalue weighted by molar-refractivity contribution is 5.76. The average molecular weight is 221 g/mol. The molecule has 1 aromatic rings. The lowest BCUT2D eigenvalue weighted by Crippen LogP contribution is -2.32. The van der Waals surface area contributed by atoms with Crippen LogP contribution in [0.2, 0.25) is 0 Å². The smallest absolute Gasteiger partial charge is 0.312 e. The quantitative estimate of drug-likeness (QED) is 0.774. The van der Waals surface area contributed by atoms with Crippen LogP contribution in [0.15, 0.2) is 30.3 Å². The second kappa shape index (κ2) is 6.28. The molecule has 0 aliphatic heterocycles. The molecule has 3 heteroatoms. The van der Waals surface area contributed by atoms with Crippen molar-refractivity contribution in [2.24, 2.45) is 0 Å². The van der Waals surface area contributed by atoms with Crippen LogP contribution in [-0.4, -0.2) is 23.7 Å². The van der Waals surface area contributed by atoms with Crippen molar-refractivity contribution < 1.29 is 9.90 Å². The van der Waals surface area contributed by atoms with E-state index in [9.17, 15) is 9.90 Å². The molecule has 0 saturated heterocycles. The normalized spacial score (nSPS) is 14.4. The fourth-order valence-electron chi connectivity index (χ4n) is 1.50. The highest BCUT2D eigenvalue weighted by atomic mass is 16.4. The van der Waals surface area contributed by atoms with Gasteiger partial charge in [0, 0.05) is 12.6 Å². The largest absolute Gasteiger partial charge is 0.481 e. The number of nitrogens with one attached hydrogen (secondary N) is 1. The maximum atomic E-state index is 11.2. The SMILES string of the molecule is CCC(C)NCC(C(=O)O)c1ccccc1. The van der Waals surface area contributed by atoms with E-state index in [-0.39, 0.29) is 0 Å². The second-order valence-electron chi connectivity index (χ2n) is 4.02. The summed E-state index contributed by atoms with van der Waals surface area (Å²) in [4.78, 5) is 11.2. The standard InChI is InChI=1S/C13H19NO2/c1-3-10(2)14-9-12(13(15)16)11-7-5-4-6-8-11/h4-8,10,12,14H,3,9H2,1-2H3,(H,15,16). The molecule has 16 heavy (non-hydrogen) atoms. The lowest BCUT2D eigenvalue weighted by atomic mass is 9.99. The van der Waals surface area contributed by atoms with E-state index in [1.165, 1.54) is 0 Å². The van der Waals surface area contributed by atoms with Gasteiger partial charge in [-0.3, -0.25) is 4.79 Å². The molecule has 0 aromatic heterocycles. The second-order valence-corrected chi connectivity index (χ2v) is 4.02. The summed E-state index contributed by atoms with van der Waals surface area (Å²) in [6, 6.07) is 9.70. The summed E-state index contributed by atoms with van der Waals surface area (Å²) in [6.07, 6.45) is 1.00. The van der Waals surface area contributed by atoms with Crippen LogP contribution in [-0.2, 0) is 4.79 Å². The van der Waals surface area contributed by atoms with Crippen LogP contribution < -0.4 is 5.32 Å². The third-order valence-electron chi connectivity index (χ3n) is 2.78. The minimum absolute atomic E-state index is 0.352. The van der Waals surface area contributed by atoms with Gasteiger partial charge < -0.3 is 10.4 Å². The Morgan fingerprint density at radius 1 is 1.38 bits per heavy atom. The molecule has 88 valence electrons. The van der Waals surface area contributed by atoms with Crippen LogP contribution in [0, 0.1) is 0 Å². The predicted octanol–water partition coefficient (Wildman–Crippen LogP) is 2.24. The van der Waals surface area contributed by atoms with Crippen LogP contribution >= 0.6 is 0 Å². The highest BCUT2D eigenvalue weighted by Gasteiger charge is 2.19. The fraction of sp³-hybridized carbons (Fsp3) is 0.462. The molecule has 3 nitrogen and oxygen atoms in total. The molecule has 0 saturated carbocycles. The van der Waals surface area contributed by atoms with Gasteiger partial charge in [0.15, 0.2) is 0 Å². The van der Waals surface area contributed by atoms with Crippen LogP contribution in [0.4, 0.5) is 0 Å². The molecule has 2 unspecified atom stereocenters. The summed E-state index contributed by atoms with van der Waals surface area (Å²) in [5.41, 5.74) is 0.853. The van der Waals surface area contributed by atoms with Gasteiger partial charge in [-0.2, -0.15) is 0 Å². The Morgan fingerprint density at radius 3 is 2.50 bits per heavy atom. The maximum absolute atomic E-state index is 11.2. The van der Waals surface area contributed by atoms with Gasteiger partial charge in [-0.1, -0.05) is 37.3 Å². The maximum Gasteiger partial charge on any atom is 0.312 e. The molecular weight excluding hydrogens is 202 g/mol. The third kappa shape index (κ3) is 3.66. The van der Waals surface area contributed by atoms with Crippen molar-refractivity contribution in [1.82, 2.24) is 5.32 Å². The molecule has 0 bridgehead atoms. The lowest BCUT2D eigenvalue weighted by molar-refractivity contribution is -0.138. The number of hydrogen-bond donors (Lipinski definition) is 2. The number of hydrogen-bond acceptors (Lipinski definition) is 2. The van der Waals surface area contributed by atoms with Crippen molar-refractivity contribution in [2.75, 3.05) is 6.54 Å². The summed E-state index contributed by atoms with van der Waals surface area (Å²) in [7, 11) is 0. The molecular formula is C13H19NO2. The van der Waals surface area contributed by atoms with Crippen molar-refractivity contribution in [2.45, 2.75) is 32.2 Å². The molecule has 0 aliphatic rings. The third-order valence-corrected chi connectivity index (χ3v) is 2.78. The van der Waals surface area contributed by atoms with Crippen LogP contribution in [0.1, 0.15) is 31.7 Å². The van der Waals surface area contributed by atoms with Gasteiger partial charge in [-0.25, -0.2) is 0 Å². The van der Waals surface area contributed by atoms with Crippen molar-refractivity contribution in [1.29, 1.82) is 0 Å². The minimum Gasteiger partial charge on any atom is -0.481 e. The zero-order valence-corrected chi connectivity index (χ0v) is 9.81. The van der Waals surface area contributed by atoms with Gasteiger partial charge in [0.2, 0.25) is 0 Å². The van der Waals surface area contributed by atoms with Crippen LogP contribution in [0.5, 0.6) is 0 Å². The zero-order chi connectivity index (χ0) is 12.0. The Labute approximate surface area is 96.5 Å². The van der Waals surface area contributed by atoms with E-state index in [4.69, 9.17) is 0 Å². The van der Waals surface area contributed by atoms with E-state index >= 15 is 0 Å². The van der Waals surface area contributed by atoms with Crippen molar-refractivity contribution >= 4 is 5.97 Å². The summed E-state index contributed by atoms with van der Waals surface area (Å²) < 4.78 is 0.